The van der Waals surface area contributed by atoms with Crippen LogP contribution in [0.4, 0.5) is 5.69 Å². The van der Waals surface area contributed by atoms with Crippen molar-refractivity contribution in [2.24, 2.45) is 5.14 Å². The zero-order chi connectivity index (χ0) is 11.5. The summed E-state index contributed by atoms with van der Waals surface area (Å²) in [6.07, 6.45) is 5.08. The van der Waals surface area contributed by atoms with Crippen molar-refractivity contribution >= 4 is 31.6 Å². The maximum Gasteiger partial charge on any atom is 0.238 e. The third-order valence-electron chi connectivity index (χ3n) is 1.65. The van der Waals surface area contributed by atoms with E-state index < -0.39 is 10.0 Å². The molecule has 0 saturated heterocycles. The highest BCUT2D eigenvalue weighted by atomic mass is 79.9. The van der Waals surface area contributed by atoms with Gasteiger partial charge in [0.1, 0.15) is 0 Å². The normalized spacial score (nSPS) is 10.7. The highest BCUT2D eigenvalue weighted by Gasteiger charge is 2.09. The molecule has 0 saturated carbocycles. The Morgan fingerprint density at radius 3 is 2.67 bits per heavy atom. The second-order valence-electron chi connectivity index (χ2n) is 2.74. The molecule has 0 amide bonds. The number of sulfonamides is 1. The molecule has 80 valence electrons. The van der Waals surface area contributed by atoms with Crippen molar-refractivity contribution in [1.82, 2.24) is 0 Å². The molecule has 0 bridgehead atoms. The molecule has 3 N–H and O–H groups in total. The highest BCUT2D eigenvalue weighted by molar-refractivity contribution is 9.10. The fourth-order valence-electron chi connectivity index (χ4n) is 0.962. The maximum absolute atomic E-state index is 11.0. The van der Waals surface area contributed by atoms with Crippen molar-refractivity contribution in [3.05, 3.63) is 22.7 Å². The minimum Gasteiger partial charge on any atom is -0.373 e. The van der Waals surface area contributed by atoms with E-state index in [2.05, 4.69) is 27.2 Å². The smallest absolute Gasteiger partial charge is 0.238 e. The summed E-state index contributed by atoms with van der Waals surface area (Å²) in [7, 11) is -3.66. The number of hydrogen-bond acceptors (Lipinski definition) is 3. The second kappa shape index (κ2) is 4.66. The number of anilines is 1. The first-order chi connectivity index (χ1) is 6.95. The predicted octanol–water partition coefficient (Wildman–Crippen LogP) is 1.14. The quantitative estimate of drug-likeness (QED) is 0.820. The number of terminal acetylenes is 1. The molecule has 1 aromatic rings. The third-order valence-corrected chi connectivity index (χ3v) is 3.22. The van der Waals surface area contributed by atoms with E-state index >= 15 is 0 Å². The van der Waals surface area contributed by atoms with E-state index in [0.29, 0.717) is 11.0 Å². The minimum atomic E-state index is -3.66. The van der Waals surface area contributed by atoms with Gasteiger partial charge in [-0.15, -0.1) is 6.42 Å². The first kappa shape index (κ1) is 12.0. The number of halogens is 1. The van der Waals surface area contributed by atoms with Crippen LogP contribution < -0.4 is 10.5 Å². The van der Waals surface area contributed by atoms with Gasteiger partial charge in [0.25, 0.3) is 0 Å². The van der Waals surface area contributed by atoms with Gasteiger partial charge in [0, 0.05) is 10.2 Å². The van der Waals surface area contributed by atoms with Crippen LogP contribution in [0.1, 0.15) is 0 Å². The Kier molecular flexibility index (Phi) is 3.74. The average Bonchev–Trinajstić information content (AvgIpc) is 2.14. The summed E-state index contributed by atoms with van der Waals surface area (Å²) in [4.78, 5) is 0.0561. The van der Waals surface area contributed by atoms with Crippen LogP contribution in [0.25, 0.3) is 0 Å². The number of benzene rings is 1. The van der Waals surface area contributed by atoms with Gasteiger partial charge in [0.2, 0.25) is 10.0 Å². The van der Waals surface area contributed by atoms with Gasteiger partial charge >= 0.3 is 0 Å². The van der Waals surface area contributed by atoms with E-state index in [9.17, 15) is 8.42 Å². The van der Waals surface area contributed by atoms with Gasteiger partial charge in [0.05, 0.1) is 11.4 Å². The zero-order valence-corrected chi connectivity index (χ0v) is 10.1. The second-order valence-corrected chi connectivity index (χ2v) is 5.16. The summed E-state index contributed by atoms with van der Waals surface area (Å²) in [5.41, 5.74) is 0.723. The molecule has 6 heteroatoms. The van der Waals surface area contributed by atoms with Gasteiger partial charge in [0.15, 0.2) is 0 Å². The number of hydrogen-bond donors (Lipinski definition) is 2. The average molecular weight is 289 g/mol. The highest BCUT2D eigenvalue weighted by Crippen LogP contribution is 2.24. The third kappa shape index (κ3) is 3.23. The predicted molar refractivity (Wildman–Crippen MR) is 62.8 cm³/mol. The lowest BCUT2D eigenvalue weighted by atomic mass is 10.3. The Labute approximate surface area is 97.0 Å². The monoisotopic (exact) mass is 288 g/mol. The summed E-state index contributed by atoms with van der Waals surface area (Å²) in [6.45, 7) is 0.368. The van der Waals surface area contributed by atoms with Gasteiger partial charge in [-0.1, -0.05) is 5.92 Å². The Bertz CT molecular complexity index is 505. The van der Waals surface area contributed by atoms with Crippen LogP contribution in [0.5, 0.6) is 0 Å². The Balaban J connectivity index is 3.05. The summed E-state index contributed by atoms with van der Waals surface area (Å²) < 4.78 is 22.6. The molecule has 0 fully saturated rings. The van der Waals surface area contributed by atoms with E-state index in [1.807, 2.05) is 0 Å². The number of nitrogens with two attached hydrogens (primary N) is 1. The maximum atomic E-state index is 11.0. The van der Waals surface area contributed by atoms with Crippen LogP contribution in [0.15, 0.2) is 27.6 Å². The summed E-state index contributed by atoms with van der Waals surface area (Å²) in [6, 6.07) is 4.44. The molecule has 0 aromatic heterocycles. The van der Waals surface area contributed by atoms with E-state index in [4.69, 9.17) is 11.6 Å². The van der Waals surface area contributed by atoms with Crippen molar-refractivity contribution in [1.29, 1.82) is 0 Å². The van der Waals surface area contributed by atoms with E-state index in [1.54, 1.807) is 6.07 Å². The molecule has 0 atom stereocenters. The summed E-state index contributed by atoms with van der Waals surface area (Å²) in [5, 5.41) is 7.90. The van der Waals surface area contributed by atoms with Crippen LogP contribution in [-0.4, -0.2) is 15.0 Å². The van der Waals surface area contributed by atoms with Gasteiger partial charge in [-0.2, -0.15) is 0 Å². The van der Waals surface area contributed by atoms with Crippen molar-refractivity contribution in [3.63, 3.8) is 0 Å². The standard InChI is InChI=1S/C9H9BrN2O2S/c1-2-5-12-9-4-3-7(6-8(9)10)15(11,13)14/h1,3-4,6,12H,5H2,(H2,11,13,14). The van der Waals surface area contributed by atoms with Crippen LogP contribution >= 0.6 is 15.9 Å². The molecule has 15 heavy (non-hydrogen) atoms. The van der Waals surface area contributed by atoms with Crippen LogP contribution in [0.3, 0.4) is 0 Å². The van der Waals surface area contributed by atoms with Crippen molar-refractivity contribution in [2.45, 2.75) is 4.90 Å². The van der Waals surface area contributed by atoms with Crippen LogP contribution in [0, 0.1) is 12.3 Å². The lowest BCUT2D eigenvalue weighted by Gasteiger charge is -2.06. The molecular formula is C9H9BrN2O2S. The van der Waals surface area contributed by atoms with E-state index in [-0.39, 0.29) is 4.90 Å². The number of rotatable bonds is 3. The summed E-state index contributed by atoms with van der Waals surface area (Å²) in [5.74, 6) is 2.41. The Morgan fingerprint density at radius 1 is 1.53 bits per heavy atom. The number of nitrogens with one attached hydrogen (secondary N) is 1. The van der Waals surface area contributed by atoms with E-state index in [0.717, 1.165) is 5.69 Å². The van der Waals surface area contributed by atoms with Gasteiger partial charge in [-0.3, -0.25) is 0 Å². The largest absolute Gasteiger partial charge is 0.373 e. The fourth-order valence-corrected chi connectivity index (χ4v) is 2.17. The lowest BCUT2D eigenvalue weighted by Crippen LogP contribution is -2.12. The molecule has 1 aromatic carbocycles. The first-order valence-electron chi connectivity index (χ1n) is 3.95. The van der Waals surface area contributed by atoms with Crippen LogP contribution in [-0.2, 0) is 10.0 Å². The molecule has 1 rings (SSSR count). The van der Waals surface area contributed by atoms with Crippen molar-refractivity contribution in [3.8, 4) is 12.3 Å². The molecule has 0 heterocycles. The lowest BCUT2D eigenvalue weighted by molar-refractivity contribution is 0.598. The van der Waals surface area contributed by atoms with Crippen molar-refractivity contribution < 1.29 is 8.42 Å². The SMILES string of the molecule is C#CCNc1ccc(S(N)(=O)=O)cc1Br. The van der Waals surface area contributed by atoms with Crippen LogP contribution in [0.2, 0.25) is 0 Å². The van der Waals surface area contributed by atoms with Gasteiger partial charge in [-0.05, 0) is 34.1 Å². The topological polar surface area (TPSA) is 72.2 Å². The molecule has 0 radical (unpaired) electrons. The molecule has 0 unspecified atom stereocenters. The molecule has 4 nitrogen and oxygen atoms in total. The molecule has 0 aliphatic heterocycles. The molecule has 0 aliphatic carbocycles. The Morgan fingerprint density at radius 2 is 2.20 bits per heavy atom. The summed E-state index contributed by atoms with van der Waals surface area (Å²) >= 11 is 3.22. The molecule has 0 spiro atoms. The van der Waals surface area contributed by atoms with Crippen molar-refractivity contribution in [2.75, 3.05) is 11.9 Å². The fraction of sp³-hybridized carbons (Fsp3) is 0.111. The first-order valence-corrected chi connectivity index (χ1v) is 6.29. The Hall–Kier alpha value is -1.03. The molecular weight excluding hydrogens is 280 g/mol. The van der Waals surface area contributed by atoms with Gasteiger partial charge < -0.3 is 5.32 Å². The van der Waals surface area contributed by atoms with Gasteiger partial charge in [-0.25, -0.2) is 13.6 Å². The molecule has 0 aliphatic rings. The van der Waals surface area contributed by atoms with E-state index in [1.165, 1.54) is 12.1 Å². The zero-order valence-electron chi connectivity index (χ0n) is 7.70. The minimum absolute atomic E-state index is 0.0561. The number of primary sulfonamides is 1.